The molecule has 0 aromatic heterocycles. The van der Waals surface area contributed by atoms with Gasteiger partial charge in [0.25, 0.3) is 0 Å². The van der Waals surface area contributed by atoms with Gasteiger partial charge in [0.2, 0.25) is 0 Å². The van der Waals surface area contributed by atoms with Crippen LogP contribution < -0.4 is 5.73 Å². The maximum absolute atomic E-state index is 6.30. The Morgan fingerprint density at radius 1 is 1.21 bits per heavy atom. The third kappa shape index (κ3) is 4.03. The minimum Gasteiger partial charge on any atom is -0.326 e. The van der Waals surface area contributed by atoms with Gasteiger partial charge in [0.05, 0.1) is 0 Å². The molecule has 0 spiro atoms. The molecule has 1 unspecified atom stereocenters. The third-order valence-electron chi connectivity index (χ3n) is 4.23. The molecule has 3 heteroatoms. The Morgan fingerprint density at radius 2 is 1.89 bits per heavy atom. The Balaban J connectivity index is 1.84. The highest BCUT2D eigenvalue weighted by Crippen LogP contribution is 2.19. The molecular formula is C16H27N3. The molecular weight excluding hydrogens is 234 g/mol. The topological polar surface area (TPSA) is 32.5 Å². The highest BCUT2D eigenvalue weighted by atomic mass is 15.3. The Hall–Kier alpha value is -0.900. The van der Waals surface area contributed by atoms with Gasteiger partial charge in [-0.25, -0.2) is 0 Å². The number of nitrogens with zero attached hydrogens (tertiary/aromatic N) is 2. The van der Waals surface area contributed by atoms with Crippen LogP contribution in [0.1, 0.15) is 19.4 Å². The molecule has 1 aliphatic heterocycles. The summed E-state index contributed by atoms with van der Waals surface area (Å²) in [7, 11) is 2.21. The van der Waals surface area contributed by atoms with Crippen LogP contribution in [0.2, 0.25) is 0 Å². The molecule has 0 saturated carbocycles. The largest absolute Gasteiger partial charge is 0.326 e. The van der Waals surface area contributed by atoms with Gasteiger partial charge in [-0.3, -0.25) is 9.80 Å². The molecule has 3 nitrogen and oxygen atoms in total. The number of benzene rings is 1. The predicted molar refractivity (Wildman–Crippen MR) is 81.3 cm³/mol. The van der Waals surface area contributed by atoms with Gasteiger partial charge < -0.3 is 5.73 Å². The lowest BCUT2D eigenvalue weighted by atomic mass is 9.98. The second-order valence-corrected chi connectivity index (χ2v) is 6.42. The van der Waals surface area contributed by atoms with Crippen molar-refractivity contribution in [3.63, 3.8) is 0 Å². The van der Waals surface area contributed by atoms with Gasteiger partial charge in [-0.2, -0.15) is 0 Å². The van der Waals surface area contributed by atoms with Crippen LogP contribution in [0.3, 0.4) is 0 Å². The van der Waals surface area contributed by atoms with Gasteiger partial charge in [0, 0.05) is 37.8 Å². The van der Waals surface area contributed by atoms with E-state index in [9.17, 15) is 0 Å². The molecule has 1 atom stereocenters. The standard InChI is InChI=1S/C16H27N3/c1-16(2)13-19(10-9-18(16)3)12-15(17)11-14-7-5-4-6-8-14/h4-8,15H,9-13,17H2,1-3H3. The van der Waals surface area contributed by atoms with Crippen molar-refractivity contribution in [3.05, 3.63) is 35.9 Å². The second kappa shape index (κ2) is 6.04. The SMILES string of the molecule is CN1CCN(CC(N)Cc2ccccc2)CC1(C)C. The summed E-state index contributed by atoms with van der Waals surface area (Å²) in [6.07, 6.45) is 0.966. The van der Waals surface area contributed by atoms with Crippen molar-refractivity contribution in [2.75, 3.05) is 33.2 Å². The molecule has 0 amide bonds. The van der Waals surface area contributed by atoms with E-state index >= 15 is 0 Å². The third-order valence-corrected chi connectivity index (χ3v) is 4.23. The minimum absolute atomic E-state index is 0.224. The van der Waals surface area contributed by atoms with Crippen LogP contribution in [0.25, 0.3) is 0 Å². The van der Waals surface area contributed by atoms with E-state index in [1.807, 2.05) is 0 Å². The summed E-state index contributed by atoms with van der Waals surface area (Å²) in [6.45, 7) is 8.97. The summed E-state index contributed by atoms with van der Waals surface area (Å²) in [6, 6.07) is 10.8. The fourth-order valence-corrected chi connectivity index (χ4v) is 2.81. The summed E-state index contributed by atoms with van der Waals surface area (Å²) in [5.74, 6) is 0. The predicted octanol–water partition coefficient (Wildman–Crippen LogP) is 1.58. The molecule has 1 fully saturated rings. The van der Waals surface area contributed by atoms with Gasteiger partial charge in [-0.05, 0) is 32.9 Å². The Kier molecular flexibility index (Phi) is 4.61. The Bertz CT molecular complexity index is 388. The van der Waals surface area contributed by atoms with E-state index in [4.69, 9.17) is 5.73 Å². The van der Waals surface area contributed by atoms with E-state index in [-0.39, 0.29) is 11.6 Å². The van der Waals surface area contributed by atoms with E-state index in [0.717, 1.165) is 32.6 Å². The molecule has 19 heavy (non-hydrogen) atoms. The molecule has 1 aromatic rings. The quantitative estimate of drug-likeness (QED) is 0.893. The van der Waals surface area contributed by atoms with Crippen molar-refractivity contribution in [2.45, 2.75) is 31.8 Å². The average molecular weight is 261 g/mol. The first-order chi connectivity index (χ1) is 8.97. The van der Waals surface area contributed by atoms with E-state index in [2.05, 4.69) is 61.0 Å². The number of hydrogen-bond acceptors (Lipinski definition) is 3. The fraction of sp³-hybridized carbons (Fsp3) is 0.625. The molecule has 1 aromatic carbocycles. The van der Waals surface area contributed by atoms with Crippen LogP contribution in [0.4, 0.5) is 0 Å². The molecule has 106 valence electrons. The van der Waals surface area contributed by atoms with Gasteiger partial charge in [0.1, 0.15) is 0 Å². The molecule has 0 bridgehead atoms. The molecule has 0 radical (unpaired) electrons. The first-order valence-electron chi connectivity index (χ1n) is 7.20. The zero-order valence-electron chi connectivity index (χ0n) is 12.5. The summed E-state index contributed by atoms with van der Waals surface area (Å²) in [4.78, 5) is 4.94. The van der Waals surface area contributed by atoms with Crippen LogP contribution in [0.15, 0.2) is 30.3 Å². The molecule has 1 heterocycles. The Morgan fingerprint density at radius 3 is 2.53 bits per heavy atom. The fourth-order valence-electron chi connectivity index (χ4n) is 2.81. The van der Waals surface area contributed by atoms with Gasteiger partial charge in [0.15, 0.2) is 0 Å². The lowest BCUT2D eigenvalue weighted by Crippen LogP contribution is -2.59. The van der Waals surface area contributed by atoms with E-state index in [1.54, 1.807) is 0 Å². The number of likely N-dealkylation sites (N-methyl/N-ethyl adjacent to an activating group) is 1. The molecule has 2 rings (SSSR count). The maximum atomic E-state index is 6.30. The van der Waals surface area contributed by atoms with Crippen LogP contribution in [0, 0.1) is 0 Å². The minimum atomic E-state index is 0.224. The number of nitrogens with two attached hydrogens (primary N) is 1. The van der Waals surface area contributed by atoms with Crippen molar-refractivity contribution < 1.29 is 0 Å². The van der Waals surface area contributed by atoms with Crippen LogP contribution >= 0.6 is 0 Å². The van der Waals surface area contributed by atoms with Crippen LogP contribution in [-0.2, 0) is 6.42 Å². The van der Waals surface area contributed by atoms with Crippen molar-refractivity contribution in [2.24, 2.45) is 5.73 Å². The maximum Gasteiger partial charge on any atom is 0.0277 e. The summed E-state index contributed by atoms with van der Waals surface area (Å²) in [5.41, 5.74) is 7.90. The van der Waals surface area contributed by atoms with Gasteiger partial charge >= 0.3 is 0 Å². The van der Waals surface area contributed by atoms with Gasteiger partial charge in [-0.15, -0.1) is 0 Å². The smallest absolute Gasteiger partial charge is 0.0277 e. The summed E-state index contributed by atoms with van der Waals surface area (Å²) in [5, 5.41) is 0. The van der Waals surface area contributed by atoms with Crippen LogP contribution in [-0.4, -0.2) is 54.6 Å². The zero-order chi connectivity index (χ0) is 13.9. The van der Waals surface area contributed by atoms with Crippen molar-refractivity contribution in [1.29, 1.82) is 0 Å². The molecule has 1 aliphatic rings. The van der Waals surface area contributed by atoms with Crippen molar-refractivity contribution >= 4 is 0 Å². The van der Waals surface area contributed by atoms with Crippen molar-refractivity contribution in [3.8, 4) is 0 Å². The monoisotopic (exact) mass is 261 g/mol. The number of hydrogen-bond donors (Lipinski definition) is 1. The normalized spacial score (nSPS) is 22.3. The lowest BCUT2D eigenvalue weighted by Gasteiger charge is -2.46. The molecule has 1 saturated heterocycles. The summed E-state index contributed by atoms with van der Waals surface area (Å²) < 4.78 is 0. The number of rotatable bonds is 4. The van der Waals surface area contributed by atoms with Gasteiger partial charge in [-0.1, -0.05) is 30.3 Å². The first kappa shape index (κ1) is 14.5. The van der Waals surface area contributed by atoms with Crippen LogP contribution in [0.5, 0.6) is 0 Å². The van der Waals surface area contributed by atoms with Crippen molar-refractivity contribution in [1.82, 2.24) is 9.80 Å². The molecule has 2 N–H and O–H groups in total. The second-order valence-electron chi connectivity index (χ2n) is 6.42. The highest BCUT2D eigenvalue weighted by molar-refractivity contribution is 5.15. The average Bonchev–Trinajstić information content (AvgIpc) is 2.34. The van der Waals surface area contributed by atoms with E-state index in [1.165, 1.54) is 5.56 Å². The van der Waals surface area contributed by atoms with E-state index < -0.39 is 0 Å². The highest BCUT2D eigenvalue weighted by Gasteiger charge is 2.31. The van der Waals surface area contributed by atoms with E-state index in [0.29, 0.717) is 0 Å². The zero-order valence-corrected chi connectivity index (χ0v) is 12.5. The Labute approximate surface area is 117 Å². The molecule has 0 aliphatic carbocycles. The number of piperazine rings is 1. The lowest BCUT2D eigenvalue weighted by molar-refractivity contribution is 0.0373. The summed E-state index contributed by atoms with van der Waals surface area (Å²) >= 11 is 0. The first-order valence-corrected chi connectivity index (χ1v) is 7.20.